The number of H-pyrrole nitrogens is 1. The van der Waals surface area contributed by atoms with Crippen molar-refractivity contribution >= 4 is 28.5 Å². The molecule has 8 heteroatoms. The summed E-state index contributed by atoms with van der Waals surface area (Å²) in [5.41, 5.74) is 3.37. The summed E-state index contributed by atoms with van der Waals surface area (Å²) in [5, 5.41) is 7.24. The van der Waals surface area contributed by atoms with E-state index in [1.165, 1.54) is 0 Å². The molecule has 0 fully saturated rings. The van der Waals surface area contributed by atoms with E-state index in [0.29, 0.717) is 41.7 Å². The molecule has 0 spiro atoms. The van der Waals surface area contributed by atoms with E-state index in [9.17, 15) is 4.79 Å². The molecule has 8 nitrogen and oxygen atoms in total. The molecule has 3 aromatic carbocycles. The van der Waals surface area contributed by atoms with E-state index >= 15 is 0 Å². The third-order valence-electron chi connectivity index (χ3n) is 5.50. The number of hydrogen-bond donors (Lipinski definition) is 3. The van der Waals surface area contributed by atoms with Crippen molar-refractivity contribution in [2.75, 3.05) is 33.2 Å². The number of benzene rings is 3. The highest BCUT2D eigenvalue weighted by molar-refractivity contribution is 6.10. The standard InChI is InChI=1S/C27H28N4O4/c1-33-21-8-6-7-20(15-21)30-27(28-12-11-18-17-29-25-10-5-4-9-24(18)25)31-26(32)19-13-22(34-2)16-23(14-19)35-3/h4-10,13-17,29H,11-12H2,1-3H3,(H2,28,30,31,32). The average molecular weight is 473 g/mol. The Kier molecular flexibility index (Phi) is 7.52. The number of amides is 1. The maximum atomic E-state index is 13.1. The van der Waals surface area contributed by atoms with Crippen LogP contribution in [0, 0.1) is 0 Å². The van der Waals surface area contributed by atoms with Crippen LogP contribution in [0.3, 0.4) is 0 Å². The lowest BCUT2D eigenvalue weighted by Gasteiger charge is -2.14. The number of aromatic amines is 1. The van der Waals surface area contributed by atoms with Gasteiger partial charge >= 0.3 is 0 Å². The number of para-hydroxylation sites is 1. The minimum atomic E-state index is -0.344. The summed E-state index contributed by atoms with van der Waals surface area (Å²) in [6, 6.07) is 20.6. The van der Waals surface area contributed by atoms with Gasteiger partial charge in [-0.15, -0.1) is 0 Å². The van der Waals surface area contributed by atoms with Crippen LogP contribution >= 0.6 is 0 Å². The van der Waals surface area contributed by atoms with Crippen LogP contribution in [0.5, 0.6) is 17.2 Å². The lowest BCUT2D eigenvalue weighted by atomic mass is 10.1. The van der Waals surface area contributed by atoms with Crippen LogP contribution in [0.2, 0.25) is 0 Å². The van der Waals surface area contributed by atoms with Gasteiger partial charge in [-0.25, -0.2) is 0 Å². The first-order chi connectivity index (χ1) is 17.1. The minimum Gasteiger partial charge on any atom is -0.497 e. The topological polar surface area (TPSA) is 97.0 Å². The van der Waals surface area contributed by atoms with Crippen molar-refractivity contribution < 1.29 is 19.0 Å². The highest BCUT2D eigenvalue weighted by Gasteiger charge is 2.13. The van der Waals surface area contributed by atoms with Crippen LogP contribution < -0.4 is 24.8 Å². The van der Waals surface area contributed by atoms with Crippen LogP contribution in [0.15, 0.2) is 77.9 Å². The first-order valence-electron chi connectivity index (χ1n) is 11.1. The van der Waals surface area contributed by atoms with Crippen molar-refractivity contribution in [1.29, 1.82) is 0 Å². The van der Waals surface area contributed by atoms with Crippen LogP contribution in [-0.4, -0.2) is 44.7 Å². The van der Waals surface area contributed by atoms with Crippen molar-refractivity contribution in [3.63, 3.8) is 0 Å². The third-order valence-corrected chi connectivity index (χ3v) is 5.50. The summed E-state index contributed by atoms with van der Waals surface area (Å²) in [5.74, 6) is 1.71. The summed E-state index contributed by atoms with van der Waals surface area (Å²) in [6.07, 6.45) is 2.70. The number of carbonyl (C=O) groups is 1. The molecule has 1 aromatic heterocycles. The molecule has 0 aliphatic rings. The fourth-order valence-electron chi connectivity index (χ4n) is 3.69. The molecule has 0 saturated carbocycles. The SMILES string of the molecule is COc1cccc(NC(=NCCc2c[nH]c3ccccc23)NC(=O)c2cc(OC)cc(OC)c2)c1. The predicted molar refractivity (Wildman–Crippen MR) is 138 cm³/mol. The van der Waals surface area contributed by atoms with Crippen molar-refractivity contribution in [2.45, 2.75) is 6.42 Å². The second kappa shape index (κ2) is 11.1. The van der Waals surface area contributed by atoms with Gasteiger partial charge in [-0.1, -0.05) is 24.3 Å². The minimum absolute atomic E-state index is 0.324. The van der Waals surface area contributed by atoms with E-state index < -0.39 is 0 Å². The smallest absolute Gasteiger partial charge is 0.258 e. The number of aromatic nitrogens is 1. The molecule has 0 aliphatic carbocycles. The van der Waals surface area contributed by atoms with Crippen molar-refractivity contribution in [1.82, 2.24) is 10.3 Å². The fourth-order valence-corrected chi connectivity index (χ4v) is 3.69. The number of nitrogens with one attached hydrogen (secondary N) is 3. The number of aliphatic imine (C=N–C) groups is 1. The number of anilines is 1. The molecule has 1 heterocycles. The van der Waals surface area contributed by atoms with Gasteiger partial charge in [0.25, 0.3) is 5.91 Å². The van der Waals surface area contributed by atoms with E-state index in [1.54, 1.807) is 39.5 Å². The van der Waals surface area contributed by atoms with Crippen LogP contribution in [-0.2, 0) is 6.42 Å². The summed E-state index contributed by atoms with van der Waals surface area (Å²) in [7, 11) is 4.68. The van der Waals surface area contributed by atoms with Gasteiger partial charge in [-0.3, -0.25) is 15.1 Å². The van der Waals surface area contributed by atoms with Gasteiger partial charge in [-0.2, -0.15) is 0 Å². The van der Waals surface area contributed by atoms with Gasteiger partial charge in [0.05, 0.1) is 21.3 Å². The van der Waals surface area contributed by atoms with Crippen LogP contribution in [0.1, 0.15) is 15.9 Å². The molecular weight excluding hydrogens is 444 g/mol. The Labute approximate surface area is 203 Å². The number of ether oxygens (including phenoxy) is 3. The molecule has 0 aliphatic heterocycles. The molecule has 3 N–H and O–H groups in total. The molecule has 0 atom stereocenters. The number of nitrogens with zero attached hydrogens (tertiary/aromatic N) is 1. The second-order valence-electron chi connectivity index (χ2n) is 7.75. The number of carbonyl (C=O) groups excluding carboxylic acids is 1. The molecule has 1 amide bonds. The van der Waals surface area contributed by atoms with Crippen molar-refractivity contribution in [3.8, 4) is 17.2 Å². The second-order valence-corrected chi connectivity index (χ2v) is 7.75. The molecule has 180 valence electrons. The largest absolute Gasteiger partial charge is 0.497 e. The number of methoxy groups -OCH3 is 3. The van der Waals surface area contributed by atoms with Gasteiger partial charge in [0.2, 0.25) is 5.96 Å². The third kappa shape index (κ3) is 5.92. The van der Waals surface area contributed by atoms with E-state index in [-0.39, 0.29) is 5.91 Å². The van der Waals surface area contributed by atoms with Gasteiger partial charge in [0.15, 0.2) is 0 Å². The molecule has 4 aromatic rings. The Hall–Kier alpha value is -4.46. The summed E-state index contributed by atoms with van der Waals surface area (Å²) in [4.78, 5) is 21.0. The van der Waals surface area contributed by atoms with E-state index in [2.05, 4.69) is 26.7 Å². The van der Waals surface area contributed by atoms with Crippen molar-refractivity contribution in [2.24, 2.45) is 4.99 Å². The van der Waals surface area contributed by atoms with Gasteiger partial charge in [0.1, 0.15) is 17.2 Å². The summed E-state index contributed by atoms with van der Waals surface area (Å²) >= 11 is 0. The molecule has 4 rings (SSSR count). The number of fused-ring (bicyclic) bond motifs is 1. The number of guanidine groups is 1. The molecule has 0 radical (unpaired) electrons. The summed E-state index contributed by atoms with van der Waals surface area (Å²) < 4.78 is 15.9. The zero-order valence-electron chi connectivity index (χ0n) is 19.9. The molecule has 0 bridgehead atoms. The monoisotopic (exact) mass is 472 g/mol. The Morgan fingerprint density at radius 1 is 0.886 bits per heavy atom. The number of rotatable bonds is 8. The Morgan fingerprint density at radius 3 is 2.37 bits per heavy atom. The summed E-state index contributed by atoms with van der Waals surface area (Å²) in [6.45, 7) is 0.468. The Balaban J connectivity index is 1.56. The molecule has 35 heavy (non-hydrogen) atoms. The maximum Gasteiger partial charge on any atom is 0.258 e. The van der Waals surface area contributed by atoms with E-state index in [1.807, 2.05) is 48.7 Å². The van der Waals surface area contributed by atoms with E-state index in [4.69, 9.17) is 14.2 Å². The first-order valence-corrected chi connectivity index (χ1v) is 11.1. The zero-order valence-corrected chi connectivity index (χ0v) is 19.9. The maximum absolute atomic E-state index is 13.1. The highest BCUT2D eigenvalue weighted by Crippen LogP contribution is 2.23. The van der Waals surface area contributed by atoms with E-state index in [0.717, 1.165) is 22.2 Å². The molecular formula is C27H28N4O4. The Bertz CT molecular complexity index is 1320. The zero-order chi connectivity index (χ0) is 24.6. The normalized spacial score (nSPS) is 11.2. The van der Waals surface area contributed by atoms with Crippen LogP contribution in [0.25, 0.3) is 10.9 Å². The van der Waals surface area contributed by atoms with Gasteiger partial charge in [-0.05, 0) is 42.3 Å². The fraction of sp³-hybridized carbons (Fsp3) is 0.185. The van der Waals surface area contributed by atoms with Crippen molar-refractivity contribution in [3.05, 3.63) is 84.1 Å². The lowest BCUT2D eigenvalue weighted by Crippen LogP contribution is -2.36. The highest BCUT2D eigenvalue weighted by atomic mass is 16.5. The van der Waals surface area contributed by atoms with Crippen LogP contribution in [0.4, 0.5) is 5.69 Å². The predicted octanol–water partition coefficient (Wildman–Crippen LogP) is 4.63. The lowest BCUT2D eigenvalue weighted by molar-refractivity contribution is 0.0976. The average Bonchev–Trinajstić information content (AvgIpc) is 3.31. The quantitative estimate of drug-likeness (QED) is 0.257. The molecule has 0 unspecified atom stereocenters. The first kappa shape index (κ1) is 23.7. The Morgan fingerprint density at radius 2 is 1.63 bits per heavy atom. The molecule has 0 saturated heterocycles. The van der Waals surface area contributed by atoms with Gasteiger partial charge < -0.3 is 24.5 Å². The number of hydrogen-bond acceptors (Lipinski definition) is 5. The van der Waals surface area contributed by atoms with Gasteiger partial charge in [0, 0.05) is 47.0 Å².